The van der Waals surface area contributed by atoms with Crippen molar-refractivity contribution in [2.45, 2.75) is 44.9 Å². The molecule has 1 aromatic carbocycles. The lowest BCUT2D eigenvalue weighted by Crippen LogP contribution is -2.28. The minimum atomic E-state index is -0.850. The molecular formula is C15H23NO3. The van der Waals surface area contributed by atoms with Crippen LogP contribution in [0.4, 0.5) is 0 Å². The van der Waals surface area contributed by atoms with Gasteiger partial charge in [-0.3, -0.25) is 0 Å². The Bertz CT molecular complexity index is 422. The highest BCUT2D eigenvalue weighted by atomic mass is 16.5. The fraction of sp³-hybridized carbons (Fsp3) is 0.600. The highest BCUT2D eigenvalue weighted by Gasteiger charge is 2.20. The van der Waals surface area contributed by atoms with E-state index in [1.54, 1.807) is 21.0 Å². The molecule has 0 heterocycles. The van der Waals surface area contributed by atoms with Crippen LogP contribution in [-0.4, -0.2) is 30.5 Å². The Morgan fingerprint density at radius 3 is 2.63 bits per heavy atom. The van der Waals surface area contributed by atoms with Crippen molar-refractivity contribution in [2.24, 2.45) is 0 Å². The van der Waals surface area contributed by atoms with Crippen LogP contribution >= 0.6 is 0 Å². The van der Waals surface area contributed by atoms with Gasteiger partial charge < -0.3 is 19.9 Å². The molecule has 4 nitrogen and oxygen atoms in total. The average molecular weight is 265 g/mol. The van der Waals surface area contributed by atoms with Crippen LogP contribution in [0, 0.1) is 0 Å². The first-order valence-corrected chi connectivity index (χ1v) is 6.73. The average Bonchev–Trinajstić information content (AvgIpc) is 3.17. The number of rotatable bonds is 7. The summed E-state index contributed by atoms with van der Waals surface area (Å²) in [5.74, 6) is 1.37. The summed E-state index contributed by atoms with van der Waals surface area (Å²) in [4.78, 5) is 0. The highest BCUT2D eigenvalue weighted by molar-refractivity contribution is 5.43. The van der Waals surface area contributed by atoms with Crippen molar-refractivity contribution in [1.29, 1.82) is 0 Å². The molecule has 2 rings (SSSR count). The molecule has 0 amide bonds. The van der Waals surface area contributed by atoms with Crippen molar-refractivity contribution in [3.63, 3.8) is 0 Å². The number of hydrogen-bond donors (Lipinski definition) is 2. The third kappa shape index (κ3) is 4.73. The topological polar surface area (TPSA) is 50.7 Å². The van der Waals surface area contributed by atoms with E-state index in [1.807, 2.05) is 18.2 Å². The Labute approximate surface area is 114 Å². The Morgan fingerprint density at radius 1 is 1.32 bits per heavy atom. The van der Waals surface area contributed by atoms with Crippen LogP contribution in [0.3, 0.4) is 0 Å². The largest absolute Gasteiger partial charge is 0.493 e. The molecule has 0 spiro atoms. The molecule has 0 aliphatic heterocycles. The van der Waals surface area contributed by atoms with Gasteiger partial charge in [0.05, 0.1) is 12.7 Å². The van der Waals surface area contributed by atoms with Gasteiger partial charge in [0, 0.05) is 12.6 Å². The SMILES string of the molecule is COc1cc(CNC2CC2)ccc1OCC(C)(C)O. The van der Waals surface area contributed by atoms with Gasteiger partial charge in [-0.25, -0.2) is 0 Å². The predicted molar refractivity (Wildman–Crippen MR) is 74.6 cm³/mol. The molecule has 0 bridgehead atoms. The normalized spacial score (nSPS) is 15.4. The van der Waals surface area contributed by atoms with Gasteiger partial charge in [-0.15, -0.1) is 0 Å². The van der Waals surface area contributed by atoms with Gasteiger partial charge >= 0.3 is 0 Å². The van der Waals surface area contributed by atoms with Crippen molar-refractivity contribution in [3.8, 4) is 11.5 Å². The maximum absolute atomic E-state index is 9.67. The highest BCUT2D eigenvalue weighted by Crippen LogP contribution is 2.29. The molecule has 2 N–H and O–H groups in total. The zero-order valence-electron chi connectivity index (χ0n) is 11.9. The summed E-state index contributed by atoms with van der Waals surface area (Å²) in [6.45, 7) is 4.52. The summed E-state index contributed by atoms with van der Waals surface area (Å²) in [6, 6.07) is 6.60. The van der Waals surface area contributed by atoms with Gasteiger partial charge in [0.1, 0.15) is 6.61 Å². The van der Waals surface area contributed by atoms with Crippen LogP contribution in [-0.2, 0) is 6.54 Å². The fourth-order valence-corrected chi connectivity index (χ4v) is 1.75. The lowest BCUT2D eigenvalue weighted by Gasteiger charge is -2.19. The molecule has 0 saturated heterocycles. The molecule has 4 heteroatoms. The first-order valence-electron chi connectivity index (χ1n) is 6.73. The maximum atomic E-state index is 9.67. The zero-order valence-corrected chi connectivity index (χ0v) is 11.9. The molecule has 1 aliphatic rings. The van der Waals surface area contributed by atoms with E-state index in [-0.39, 0.29) is 6.61 Å². The van der Waals surface area contributed by atoms with Gasteiger partial charge in [0.15, 0.2) is 11.5 Å². The molecule has 0 atom stereocenters. The minimum Gasteiger partial charge on any atom is -0.493 e. The quantitative estimate of drug-likeness (QED) is 0.792. The Morgan fingerprint density at radius 2 is 2.05 bits per heavy atom. The second kappa shape index (κ2) is 5.80. The summed E-state index contributed by atoms with van der Waals surface area (Å²) < 4.78 is 10.9. The smallest absolute Gasteiger partial charge is 0.161 e. The Kier molecular flexibility index (Phi) is 4.32. The van der Waals surface area contributed by atoms with Crippen LogP contribution in [0.15, 0.2) is 18.2 Å². The van der Waals surface area contributed by atoms with Gasteiger partial charge in [-0.05, 0) is 44.4 Å². The molecule has 0 radical (unpaired) electrons. The van der Waals surface area contributed by atoms with Gasteiger partial charge in [-0.1, -0.05) is 6.07 Å². The molecule has 1 aliphatic carbocycles. The minimum absolute atomic E-state index is 0.239. The van der Waals surface area contributed by atoms with Crippen LogP contribution in [0.1, 0.15) is 32.3 Å². The van der Waals surface area contributed by atoms with E-state index in [0.29, 0.717) is 17.5 Å². The zero-order chi connectivity index (χ0) is 13.9. The second-order valence-corrected chi connectivity index (χ2v) is 5.74. The molecule has 0 aromatic heterocycles. The van der Waals surface area contributed by atoms with Gasteiger partial charge in [-0.2, -0.15) is 0 Å². The van der Waals surface area contributed by atoms with Crippen molar-refractivity contribution in [3.05, 3.63) is 23.8 Å². The van der Waals surface area contributed by atoms with Crippen LogP contribution in [0.2, 0.25) is 0 Å². The summed E-state index contributed by atoms with van der Waals surface area (Å²) in [5.41, 5.74) is 0.330. The van der Waals surface area contributed by atoms with E-state index in [9.17, 15) is 5.11 Å². The van der Waals surface area contributed by atoms with Gasteiger partial charge in [0.25, 0.3) is 0 Å². The standard InChI is InChI=1S/C15H23NO3/c1-15(2,17)10-19-13-7-4-11(8-14(13)18-3)9-16-12-5-6-12/h4,7-8,12,16-17H,5-6,9-10H2,1-3H3. The number of aliphatic hydroxyl groups is 1. The van der Waals surface area contributed by atoms with Crippen LogP contribution in [0.25, 0.3) is 0 Å². The van der Waals surface area contributed by atoms with Crippen molar-refractivity contribution >= 4 is 0 Å². The summed E-state index contributed by atoms with van der Waals surface area (Å²) in [5, 5.41) is 13.1. The van der Waals surface area contributed by atoms with Crippen molar-refractivity contribution < 1.29 is 14.6 Å². The summed E-state index contributed by atoms with van der Waals surface area (Å²) in [6.07, 6.45) is 2.56. The van der Waals surface area contributed by atoms with Crippen molar-refractivity contribution in [1.82, 2.24) is 5.32 Å². The first-order chi connectivity index (χ1) is 8.98. The van der Waals surface area contributed by atoms with Crippen molar-refractivity contribution in [2.75, 3.05) is 13.7 Å². The van der Waals surface area contributed by atoms with E-state index in [4.69, 9.17) is 9.47 Å². The number of ether oxygens (including phenoxy) is 2. The second-order valence-electron chi connectivity index (χ2n) is 5.74. The third-order valence-electron chi connectivity index (χ3n) is 2.98. The van der Waals surface area contributed by atoms with E-state index in [1.165, 1.54) is 18.4 Å². The first kappa shape index (κ1) is 14.2. The summed E-state index contributed by atoms with van der Waals surface area (Å²) >= 11 is 0. The fourth-order valence-electron chi connectivity index (χ4n) is 1.75. The molecule has 1 fully saturated rings. The molecule has 106 valence electrons. The van der Waals surface area contributed by atoms with E-state index >= 15 is 0 Å². The van der Waals surface area contributed by atoms with E-state index in [2.05, 4.69) is 5.32 Å². The molecule has 0 unspecified atom stereocenters. The van der Waals surface area contributed by atoms with E-state index in [0.717, 1.165) is 6.54 Å². The third-order valence-corrected chi connectivity index (χ3v) is 2.98. The number of hydrogen-bond acceptors (Lipinski definition) is 4. The number of methoxy groups -OCH3 is 1. The molecule has 19 heavy (non-hydrogen) atoms. The Balaban J connectivity index is 1.98. The monoisotopic (exact) mass is 265 g/mol. The van der Waals surface area contributed by atoms with Crippen LogP contribution in [0.5, 0.6) is 11.5 Å². The molecular weight excluding hydrogens is 242 g/mol. The maximum Gasteiger partial charge on any atom is 0.161 e. The lowest BCUT2D eigenvalue weighted by molar-refractivity contribution is 0.0276. The molecule has 1 aromatic rings. The Hall–Kier alpha value is -1.26. The summed E-state index contributed by atoms with van der Waals surface area (Å²) in [7, 11) is 1.63. The predicted octanol–water partition coefficient (Wildman–Crippen LogP) is 2.10. The number of benzene rings is 1. The van der Waals surface area contributed by atoms with E-state index < -0.39 is 5.60 Å². The number of nitrogens with one attached hydrogen (secondary N) is 1. The van der Waals surface area contributed by atoms with Gasteiger partial charge in [0.2, 0.25) is 0 Å². The molecule has 1 saturated carbocycles. The lowest BCUT2D eigenvalue weighted by atomic mass is 10.1. The van der Waals surface area contributed by atoms with Crippen LogP contribution < -0.4 is 14.8 Å².